The van der Waals surface area contributed by atoms with Crippen LogP contribution in [0.5, 0.6) is 5.75 Å². The molecule has 2 heterocycles. The first-order chi connectivity index (χ1) is 18.8. The maximum atomic E-state index is 11.8. The third kappa shape index (κ3) is 4.83. The predicted octanol–water partition coefficient (Wildman–Crippen LogP) is 4.28. The number of aliphatic hydroxyl groups excluding tert-OH is 1. The summed E-state index contributed by atoms with van der Waals surface area (Å²) in [6.45, 7) is 6.68. The van der Waals surface area contributed by atoms with E-state index in [0.29, 0.717) is 19.1 Å². The lowest BCUT2D eigenvalue weighted by atomic mass is 10.0. The Hall–Kier alpha value is -3.98. The molecule has 6 rings (SSSR count). The molecule has 1 aromatic heterocycles. The lowest BCUT2D eigenvalue weighted by molar-refractivity contribution is -0.133. The summed E-state index contributed by atoms with van der Waals surface area (Å²) in [7, 11) is 1.71. The molecule has 0 saturated heterocycles. The van der Waals surface area contributed by atoms with E-state index in [-0.39, 0.29) is 17.4 Å². The van der Waals surface area contributed by atoms with Crippen LogP contribution >= 0.6 is 0 Å². The summed E-state index contributed by atoms with van der Waals surface area (Å²) in [5, 5.41) is 17.8. The second kappa shape index (κ2) is 9.64. The fourth-order valence-electron chi connectivity index (χ4n) is 5.37. The number of allylic oxidation sites excluding steroid dienone is 1. The lowest BCUT2D eigenvalue weighted by Gasteiger charge is -2.19. The van der Waals surface area contributed by atoms with E-state index in [2.05, 4.69) is 46.8 Å². The van der Waals surface area contributed by atoms with E-state index in [1.54, 1.807) is 18.3 Å². The third-order valence-corrected chi connectivity index (χ3v) is 7.89. The molecule has 1 amide bonds. The van der Waals surface area contributed by atoms with Gasteiger partial charge in [-0.3, -0.25) is 4.79 Å². The van der Waals surface area contributed by atoms with E-state index >= 15 is 0 Å². The van der Waals surface area contributed by atoms with Gasteiger partial charge < -0.3 is 24.9 Å². The van der Waals surface area contributed by atoms with Crippen molar-refractivity contribution in [1.82, 2.24) is 14.9 Å². The largest absolute Gasteiger partial charge is 0.487 e. The Kier molecular flexibility index (Phi) is 6.26. The van der Waals surface area contributed by atoms with Gasteiger partial charge in [-0.1, -0.05) is 29.8 Å². The number of rotatable bonds is 10. The molecule has 39 heavy (non-hydrogen) atoms. The van der Waals surface area contributed by atoms with Crippen molar-refractivity contribution >= 4 is 39.6 Å². The van der Waals surface area contributed by atoms with Gasteiger partial charge in [0.25, 0.3) is 0 Å². The van der Waals surface area contributed by atoms with Crippen molar-refractivity contribution in [2.75, 3.05) is 32.1 Å². The highest BCUT2D eigenvalue weighted by Gasteiger charge is 2.60. The fourth-order valence-corrected chi connectivity index (χ4v) is 5.37. The average Bonchev–Trinajstić information content (AvgIpc) is 3.83. The Bertz CT molecular complexity index is 1530. The Morgan fingerprint density at radius 1 is 1.31 bits per heavy atom. The van der Waals surface area contributed by atoms with Gasteiger partial charge >= 0.3 is 0 Å². The van der Waals surface area contributed by atoms with Gasteiger partial charge in [-0.2, -0.15) is 0 Å². The number of nitrogens with one attached hydrogen (secondary N) is 1. The predicted molar refractivity (Wildman–Crippen MR) is 150 cm³/mol. The molecule has 2 N–H and O–H groups in total. The van der Waals surface area contributed by atoms with Crippen molar-refractivity contribution < 1.29 is 19.5 Å². The number of aryl methyl sites for hydroxylation is 1. The zero-order chi connectivity index (χ0) is 27.3. The van der Waals surface area contributed by atoms with E-state index < -0.39 is 6.61 Å². The van der Waals surface area contributed by atoms with Crippen LogP contribution in [0.4, 0.5) is 11.5 Å². The van der Waals surface area contributed by atoms with Crippen LogP contribution in [-0.4, -0.2) is 64.0 Å². The highest BCUT2D eigenvalue weighted by molar-refractivity contribution is 6.07. The molecule has 2 unspecified atom stereocenters. The Labute approximate surface area is 227 Å². The molecule has 1 aliphatic heterocycles. The standard InChI is InChI=1S/C30H32N5O4/c1-17-10-19(8-9-26(17)38-15-25-23-12-30(23,3)39-34-25)33-29-28-20(6-5-7-24(28)31-16-32-29)22-11-21(22)18(2)13-35(4)27(37)14-36/h5-11,16,18,23,36H,12-15H2,1-4H3,(H,31,32,33)/t18-,23?,30?/m1/s1. The van der Waals surface area contributed by atoms with E-state index in [0.717, 1.165) is 57.0 Å². The van der Waals surface area contributed by atoms with Crippen molar-refractivity contribution in [2.45, 2.75) is 32.8 Å². The Morgan fingerprint density at radius 3 is 2.87 bits per heavy atom. The number of ether oxygens (including phenoxy) is 1. The second-order valence-electron chi connectivity index (χ2n) is 10.9. The number of carbonyl (C=O) groups is 1. The normalized spacial score (nSPS) is 21.7. The number of oxime groups is 1. The molecular weight excluding hydrogens is 494 g/mol. The van der Waals surface area contributed by atoms with Crippen LogP contribution < -0.4 is 10.1 Å². The van der Waals surface area contributed by atoms with Crippen LogP contribution in [-0.2, 0) is 9.63 Å². The summed E-state index contributed by atoms with van der Waals surface area (Å²) >= 11 is 0. The van der Waals surface area contributed by atoms with Crippen LogP contribution in [0, 0.1) is 25.2 Å². The molecule has 1 saturated carbocycles. The number of likely N-dealkylation sites (N-methyl/N-ethyl adjacent to an activating group) is 1. The highest BCUT2D eigenvalue weighted by Crippen LogP contribution is 2.51. The zero-order valence-electron chi connectivity index (χ0n) is 22.6. The fraction of sp³-hybridized carbons (Fsp3) is 0.367. The van der Waals surface area contributed by atoms with Gasteiger partial charge in [-0.05, 0) is 60.7 Å². The average molecular weight is 527 g/mol. The van der Waals surface area contributed by atoms with Crippen LogP contribution in [0.25, 0.3) is 16.5 Å². The maximum Gasteiger partial charge on any atom is 0.248 e. The number of aliphatic hydroxyl groups is 1. The smallest absolute Gasteiger partial charge is 0.248 e. The summed E-state index contributed by atoms with van der Waals surface area (Å²) in [4.78, 5) is 28.0. The molecule has 0 spiro atoms. The van der Waals surface area contributed by atoms with Crippen LogP contribution in [0.2, 0.25) is 0 Å². The number of amides is 1. The van der Waals surface area contributed by atoms with Gasteiger partial charge in [-0.25, -0.2) is 9.97 Å². The molecule has 9 nitrogen and oxygen atoms in total. The zero-order valence-corrected chi connectivity index (χ0v) is 22.6. The molecule has 1 fully saturated rings. The molecule has 3 aliphatic rings. The van der Waals surface area contributed by atoms with E-state index in [4.69, 9.17) is 14.7 Å². The summed E-state index contributed by atoms with van der Waals surface area (Å²) in [6.07, 6.45) is 4.73. The number of hydrogen-bond donors (Lipinski definition) is 2. The first-order valence-corrected chi connectivity index (χ1v) is 13.2. The van der Waals surface area contributed by atoms with Crippen molar-refractivity contribution in [3.05, 3.63) is 65.8 Å². The number of carbonyl (C=O) groups excluding carboxylic acids is 1. The van der Waals surface area contributed by atoms with E-state index in [1.807, 2.05) is 37.3 Å². The van der Waals surface area contributed by atoms with Gasteiger partial charge in [0.2, 0.25) is 5.91 Å². The summed E-state index contributed by atoms with van der Waals surface area (Å²) < 4.78 is 6.07. The molecule has 3 atom stereocenters. The number of fused-ring (bicyclic) bond motifs is 2. The Morgan fingerprint density at radius 2 is 2.15 bits per heavy atom. The van der Waals surface area contributed by atoms with Crippen molar-refractivity contribution in [3.8, 4) is 5.75 Å². The van der Waals surface area contributed by atoms with Crippen LogP contribution in [0.15, 0.2) is 53.5 Å². The minimum absolute atomic E-state index is 0.108. The maximum absolute atomic E-state index is 11.8. The van der Waals surface area contributed by atoms with Gasteiger partial charge in [0.1, 0.15) is 42.4 Å². The van der Waals surface area contributed by atoms with E-state index in [1.165, 1.54) is 5.57 Å². The summed E-state index contributed by atoms with van der Waals surface area (Å²) in [5.41, 5.74) is 7.01. The topological polar surface area (TPSA) is 109 Å². The summed E-state index contributed by atoms with van der Waals surface area (Å²) in [6, 6.07) is 12.0. The van der Waals surface area contributed by atoms with Crippen LogP contribution in [0.1, 0.15) is 31.4 Å². The molecule has 3 aromatic rings. The Balaban J connectivity index is 1.21. The number of anilines is 2. The molecule has 1 radical (unpaired) electrons. The quantitative estimate of drug-likeness (QED) is 0.406. The number of nitrogens with zero attached hydrogens (tertiary/aromatic N) is 4. The molecular formula is C30H32N5O4. The number of hydrogen-bond acceptors (Lipinski definition) is 8. The lowest BCUT2D eigenvalue weighted by Crippen LogP contribution is -2.32. The molecule has 2 aliphatic carbocycles. The van der Waals surface area contributed by atoms with Crippen LogP contribution in [0.3, 0.4) is 0 Å². The first kappa shape index (κ1) is 25.3. The van der Waals surface area contributed by atoms with Crippen molar-refractivity contribution in [1.29, 1.82) is 0 Å². The van der Waals surface area contributed by atoms with Gasteiger partial charge in [0.05, 0.1) is 16.8 Å². The van der Waals surface area contributed by atoms with E-state index in [9.17, 15) is 4.79 Å². The second-order valence-corrected chi connectivity index (χ2v) is 10.9. The minimum Gasteiger partial charge on any atom is -0.487 e. The first-order valence-electron chi connectivity index (χ1n) is 13.2. The molecule has 201 valence electrons. The van der Waals surface area contributed by atoms with Crippen molar-refractivity contribution in [3.63, 3.8) is 0 Å². The summed E-state index contributed by atoms with van der Waals surface area (Å²) in [5.74, 6) is 1.77. The van der Waals surface area contributed by atoms with Gasteiger partial charge in [0, 0.05) is 32.1 Å². The van der Waals surface area contributed by atoms with Crippen molar-refractivity contribution in [2.24, 2.45) is 17.0 Å². The molecule has 2 aromatic carbocycles. The number of benzene rings is 2. The SMILES string of the molecule is Cc1cc(Nc2ncnc3cccc(C4=C([C@H](C)CN(C)C(=O)CO)[CH]4)c23)ccc1OCC1=NOC2(C)CC12. The highest BCUT2D eigenvalue weighted by atomic mass is 16.7. The molecule has 9 heteroatoms. The third-order valence-electron chi connectivity index (χ3n) is 7.89. The monoisotopic (exact) mass is 526 g/mol. The van der Waals surface area contributed by atoms with Gasteiger partial charge in [0.15, 0.2) is 0 Å². The number of aromatic nitrogens is 2. The van der Waals surface area contributed by atoms with Gasteiger partial charge in [-0.15, -0.1) is 0 Å². The minimum atomic E-state index is -0.481. The molecule has 0 bridgehead atoms.